The summed E-state index contributed by atoms with van der Waals surface area (Å²) in [6.45, 7) is 4.96. The molecular formula is C19H21N3O2. The van der Waals surface area contributed by atoms with Crippen molar-refractivity contribution in [2.45, 2.75) is 33.0 Å². The highest BCUT2D eigenvalue weighted by molar-refractivity contribution is 5.86. The van der Waals surface area contributed by atoms with E-state index in [-0.39, 0.29) is 17.4 Å². The van der Waals surface area contributed by atoms with Gasteiger partial charge in [0.2, 0.25) is 0 Å². The highest BCUT2D eigenvalue weighted by Gasteiger charge is 2.20. The minimum absolute atomic E-state index is 0.0616. The molecule has 0 radical (unpaired) electrons. The molecule has 1 atom stereocenters. The Labute approximate surface area is 140 Å². The van der Waals surface area contributed by atoms with Gasteiger partial charge in [0.15, 0.2) is 0 Å². The lowest BCUT2D eigenvalue weighted by Crippen LogP contribution is -2.30. The molecular weight excluding hydrogens is 302 g/mol. The molecule has 0 aliphatic carbocycles. The summed E-state index contributed by atoms with van der Waals surface area (Å²) in [5.41, 5.74) is 2.03. The number of hydrogen-bond acceptors (Lipinski definition) is 4. The zero-order valence-electron chi connectivity index (χ0n) is 13.9. The second-order valence-electron chi connectivity index (χ2n) is 5.79. The zero-order valence-corrected chi connectivity index (χ0v) is 13.9. The van der Waals surface area contributed by atoms with E-state index in [9.17, 15) is 9.90 Å². The molecule has 2 aromatic heterocycles. The zero-order chi connectivity index (χ0) is 17.1. The number of aromatic nitrogens is 2. The predicted molar refractivity (Wildman–Crippen MR) is 95.0 cm³/mol. The maximum atomic E-state index is 12.8. The van der Waals surface area contributed by atoms with Gasteiger partial charge in [-0.15, -0.1) is 0 Å². The van der Waals surface area contributed by atoms with E-state index in [1.54, 1.807) is 17.0 Å². The molecule has 1 aromatic carbocycles. The second-order valence-corrected chi connectivity index (χ2v) is 5.79. The van der Waals surface area contributed by atoms with Crippen molar-refractivity contribution in [1.82, 2.24) is 14.9 Å². The third-order valence-corrected chi connectivity index (χ3v) is 4.27. The topological polar surface area (TPSA) is 67.2 Å². The largest absolute Gasteiger partial charge is 0.507 e. The lowest BCUT2D eigenvalue weighted by molar-refractivity contribution is 0.452. The SMILES string of the molecule is CCn1c(=O)c([C@@H](C)NCc2cccnc2)c(O)c2ccccc21. The lowest BCUT2D eigenvalue weighted by Gasteiger charge is -2.19. The van der Waals surface area contributed by atoms with E-state index in [0.717, 1.165) is 11.1 Å². The quantitative estimate of drug-likeness (QED) is 0.757. The van der Waals surface area contributed by atoms with Crippen LogP contribution in [0.1, 0.15) is 31.0 Å². The molecule has 5 nitrogen and oxygen atoms in total. The predicted octanol–water partition coefficient (Wildman–Crippen LogP) is 2.97. The Balaban J connectivity index is 2.00. The van der Waals surface area contributed by atoms with Gasteiger partial charge in [-0.2, -0.15) is 0 Å². The third-order valence-electron chi connectivity index (χ3n) is 4.27. The molecule has 5 heteroatoms. The number of pyridine rings is 2. The highest BCUT2D eigenvalue weighted by atomic mass is 16.3. The van der Waals surface area contributed by atoms with Crippen LogP contribution in [0.2, 0.25) is 0 Å². The number of nitrogens with one attached hydrogen (secondary N) is 1. The van der Waals surface area contributed by atoms with Gasteiger partial charge in [0.25, 0.3) is 5.56 Å². The first-order chi connectivity index (χ1) is 11.6. The number of aromatic hydroxyl groups is 1. The Kier molecular flexibility index (Phi) is 4.62. The fraction of sp³-hybridized carbons (Fsp3) is 0.263. The fourth-order valence-electron chi connectivity index (χ4n) is 2.99. The van der Waals surface area contributed by atoms with Crippen LogP contribution in [0.4, 0.5) is 0 Å². The molecule has 0 bridgehead atoms. The molecule has 2 N–H and O–H groups in total. The van der Waals surface area contributed by atoms with Crippen LogP contribution in [0, 0.1) is 0 Å². The van der Waals surface area contributed by atoms with Gasteiger partial charge >= 0.3 is 0 Å². The number of nitrogens with zero attached hydrogens (tertiary/aromatic N) is 2. The first kappa shape index (κ1) is 16.2. The summed E-state index contributed by atoms with van der Waals surface area (Å²) >= 11 is 0. The average Bonchev–Trinajstić information content (AvgIpc) is 2.61. The highest BCUT2D eigenvalue weighted by Crippen LogP contribution is 2.29. The molecule has 0 aliphatic rings. The van der Waals surface area contributed by atoms with Crippen LogP contribution >= 0.6 is 0 Å². The van der Waals surface area contributed by atoms with Crippen molar-refractivity contribution in [1.29, 1.82) is 0 Å². The fourth-order valence-corrected chi connectivity index (χ4v) is 2.99. The average molecular weight is 323 g/mol. The first-order valence-electron chi connectivity index (χ1n) is 8.10. The molecule has 2 heterocycles. The summed E-state index contributed by atoms with van der Waals surface area (Å²) in [4.78, 5) is 16.9. The number of aryl methyl sites for hydroxylation is 1. The van der Waals surface area contributed by atoms with Gasteiger partial charge in [0, 0.05) is 36.9 Å². The van der Waals surface area contributed by atoms with Crippen molar-refractivity contribution < 1.29 is 5.11 Å². The summed E-state index contributed by atoms with van der Waals surface area (Å²) in [5, 5.41) is 14.6. The minimum Gasteiger partial charge on any atom is -0.507 e. The summed E-state index contributed by atoms with van der Waals surface area (Å²) in [6, 6.07) is 11.0. The van der Waals surface area contributed by atoms with E-state index >= 15 is 0 Å². The molecule has 0 aliphatic heterocycles. The second kappa shape index (κ2) is 6.84. The van der Waals surface area contributed by atoms with E-state index in [2.05, 4.69) is 10.3 Å². The van der Waals surface area contributed by atoms with Gasteiger partial charge in [0.05, 0.1) is 11.1 Å². The molecule has 24 heavy (non-hydrogen) atoms. The third kappa shape index (κ3) is 2.90. The van der Waals surface area contributed by atoms with E-state index in [1.165, 1.54) is 0 Å². The van der Waals surface area contributed by atoms with Crippen LogP contribution in [-0.4, -0.2) is 14.7 Å². The summed E-state index contributed by atoms with van der Waals surface area (Å²) in [7, 11) is 0. The number of para-hydroxylation sites is 1. The Morgan fingerprint density at radius 3 is 2.75 bits per heavy atom. The number of hydrogen-bond donors (Lipinski definition) is 2. The summed E-state index contributed by atoms with van der Waals surface area (Å²) in [5.74, 6) is 0.0616. The van der Waals surface area contributed by atoms with Crippen LogP contribution in [-0.2, 0) is 13.1 Å². The van der Waals surface area contributed by atoms with E-state index in [1.807, 2.05) is 50.2 Å². The Morgan fingerprint density at radius 1 is 1.25 bits per heavy atom. The maximum absolute atomic E-state index is 12.8. The normalized spacial score (nSPS) is 12.4. The Hall–Kier alpha value is -2.66. The molecule has 0 saturated heterocycles. The van der Waals surface area contributed by atoms with Crippen LogP contribution in [0.15, 0.2) is 53.6 Å². The number of rotatable bonds is 5. The van der Waals surface area contributed by atoms with Crippen molar-refractivity contribution in [3.63, 3.8) is 0 Å². The van der Waals surface area contributed by atoms with E-state index in [4.69, 9.17) is 0 Å². The van der Waals surface area contributed by atoms with Crippen LogP contribution in [0.3, 0.4) is 0 Å². The number of benzene rings is 1. The molecule has 0 fully saturated rings. The first-order valence-corrected chi connectivity index (χ1v) is 8.10. The van der Waals surface area contributed by atoms with Gasteiger partial charge in [-0.05, 0) is 37.6 Å². The van der Waals surface area contributed by atoms with Gasteiger partial charge in [0.1, 0.15) is 5.75 Å². The van der Waals surface area contributed by atoms with Crippen molar-refractivity contribution >= 4 is 10.9 Å². The van der Waals surface area contributed by atoms with Crippen LogP contribution < -0.4 is 10.9 Å². The van der Waals surface area contributed by atoms with Gasteiger partial charge in [-0.1, -0.05) is 18.2 Å². The van der Waals surface area contributed by atoms with Gasteiger partial charge < -0.3 is 15.0 Å². The van der Waals surface area contributed by atoms with Crippen molar-refractivity contribution in [3.05, 3.63) is 70.3 Å². The van der Waals surface area contributed by atoms with E-state index in [0.29, 0.717) is 24.0 Å². The molecule has 0 amide bonds. The Morgan fingerprint density at radius 2 is 2.04 bits per heavy atom. The molecule has 0 spiro atoms. The minimum atomic E-state index is -0.278. The molecule has 124 valence electrons. The van der Waals surface area contributed by atoms with E-state index < -0.39 is 0 Å². The molecule has 3 aromatic rings. The number of fused-ring (bicyclic) bond motifs is 1. The smallest absolute Gasteiger partial charge is 0.259 e. The molecule has 3 rings (SSSR count). The van der Waals surface area contributed by atoms with Crippen LogP contribution in [0.25, 0.3) is 10.9 Å². The summed E-state index contributed by atoms with van der Waals surface area (Å²) in [6.07, 6.45) is 3.51. The standard InChI is InChI=1S/C19H21N3O2/c1-3-22-16-9-5-4-8-15(16)18(23)17(19(22)24)13(2)21-12-14-7-6-10-20-11-14/h4-11,13,21,23H,3,12H2,1-2H3/t13-/m1/s1. The van der Waals surface area contributed by atoms with Gasteiger partial charge in [-0.3, -0.25) is 9.78 Å². The van der Waals surface area contributed by atoms with Crippen molar-refractivity contribution in [2.24, 2.45) is 0 Å². The van der Waals surface area contributed by atoms with Crippen molar-refractivity contribution in [2.75, 3.05) is 0 Å². The maximum Gasteiger partial charge on any atom is 0.259 e. The summed E-state index contributed by atoms with van der Waals surface area (Å²) < 4.78 is 1.70. The molecule has 0 saturated carbocycles. The van der Waals surface area contributed by atoms with Crippen LogP contribution in [0.5, 0.6) is 5.75 Å². The Bertz CT molecular complexity index is 904. The monoisotopic (exact) mass is 323 g/mol. The van der Waals surface area contributed by atoms with Gasteiger partial charge in [-0.25, -0.2) is 0 Å². The molecule has 0 unspecified atom stereocenters. The van der Waals surface area contributed by atoms with Crippen molar-refractivity contribution in [3.8, 4) is 5.75 Å². The lowest BCUT2D eigenvalue weighted by atomic mass is 10.0.